The van der Waals surface area contributed by atoms with Crippen molar-refractivity contribution < 1.29 is 26.2 Å². The first kappa shape index (κ1) is 30.5. The molecule has 1 spiro atoms. The summed E-state index contributed by atoms with van der Waals surface area (Å²) in [5, 5.41) is 0.261. The molecule has 0 aliphatic carbocycles. The van der Waals surface area contributed by atoms with Crippen molar-refractivity contribution in [1.29, 1.82) is 0 Å². The summed E-state index contributed by atoms with van der Waals surface area (Å²) in [6.07, 6.45) is -2.48. The number of hydrogen-bond donors (Lipinski definition) is 2. The second-order valence-corrected chi connectivity index (χ2v) is 24.4. The number of nitrogens with one attached hydrogen (secondary N) is 1. The molecule has 1 aromatic heterocycles. The number of H-pyrrole nitrogens is 1. The van der Waals surface area contributed by atoms with Crippen LogP contribution < -0.4 is 17.0 Å². The molecule has 15 heteroatoms. The van der Waals surface area contributed by atoms with Crippen molar-refractivity contribution in [1.82, 2.24) is 9.55 Å². The molecule has 3 N–H and O–H groups in total. The number of rotatable bonds is 5. The number of nitrogens with two attached hydrogens (primary N) is 1. The number of aromatic amines is 1. The summed E-state index contributed by atoms with van der Waals surface area (Å²) in [6.45, 7) is 20.1. The van der Waals surface area contributed by atoms with Gasteiger partial charge in [-0.2, -0.15) is 8.42 Å². The molecule has 3 rings (SSSR count). The largest absolute Gasteiger partial charge is 0.406 e. The van der Waals surface area contributed by atoms with Gasteiger partial charge in [-0.25, -0.2) is 8.98 Å². The molecule has 37 heavy (non-hydrogen) atoms. The summed E-state index contributed by atoms with van der Waals surface area (Å²) < 4.78 is 52.2. The number of aromatic nitrogens is 2. The normalized spacial score (nSPS) is 28.6. The number of halogens is 1. The van der Waals surface area contributed by atoms with E-state index in [0.717, 1.165) is 9.98 Å². The van der Waals surface area contributed by atoms with Gasteiger partial charge in [0.2, 0.25) is 5.60 Å². The van der Waals surface area contributed by atoms with E-state index in [-0.39, 0.29) is 20.2 Å². The summed E-state index contributed by atoms with van der Waals surface area (Å²) in [5.74, 6) is 0. The fourth-order valence-corrected chi connectivity index (χ4v) is 7.52. The molecule has 1 aromatic rings. The average molecular weight is 641 g/mol. The molecule has 210 valence electrons. The molecular weight excluding hydrogens is 602 g/mol. The van der Waals surface area contributed by atoms with Crippen molar-refractivity contribution in [3.63, 3.8) is 0 Å². The van der Waals surface area contributed by atoms with Crippen LogP contribution in [0.3, 0.4) is 0 Å². The second kappa shape index (κ2) is 9.25. The molecule has 0 bridgehead atoms. The van der Waals surface area contributed by atoms with Gasteiger partial charge in [0.25, 0.3) is 15.7 Å². The highest BCUT2D eigenvalue weighted by atomic mass is 79.9. The zero-order chi connectivity index (χ0) is 28.6. The summed E-state index contributed by atoms with van der Waals surface area (Å²) in [5.41, 5.74) is 2.99. The van der Waals surface area contributed by atoms with Crippen LogP contribution in [0.1, 0.15) is 47.8 Å². The quantitative estimate of drug-likeness (QED) is 0.364. The first-order valence-electron chi connectivity index (χ1n) is 11.9. The third-order valence-corrected chi connectivity index (χ3v) is 18.4. The molecule has 1 unspecified atom stereocenters. The van der Waals surface area contributed by atoms with Crippen LogP contribution in [0.5, 0.6) is 0 Å². The van der Waals surface area contributed by atoms with Gasteiger partial charge in [-0.05, 0) is 52.2 Å². The van der Waals surface area contributed by atoms with Gasteiger partial charge in [-0.1, -0.05) is 41.5 Å². The highest BCUT2D eigenvalue weighted by molar-refractivity contribution is 9.10. The second-order valence-electron chi connectivity index (χ2n) is 12.6. The van der Waals surface area contributed by atoms with Crippen molar-refractivity contribution in [3.8, 4) is 0 Å². The van der Waals surface area contributed by atoms with Crippen LogP contribution in [0.2, 0.25) is 36.3 Å². The molecule has 1 saturated heterocycles. The summed E-state index contributed by atoms with van der Waals surface area (Å²) in [6, 6.07) is 0. The predicted molar refractivity (Wildman–Crippen MR) is 148 cm³/mol. The summed E-state index contributed by atoms with van der Waals surface area (Å²) in [7, 11) is -9.49. The fraction of sp³-hybridized carbons (Fsp3) is 0.727. The Kier molecular flexibility index (Phi) is 7.61. The fourth-order valence-electron chi connectivity index (χ4n) is 3.60. The van der Waals surface area contributed by atoms with Gasteiger partial charge >= 0.3 is 5.69 Å². The predicted octanol–water partition coefficient (Wildman–Crippen LogP) is 3.47. The monoisotopic (exact) mass is 639 g/mol. The van der Waals surface area contributed by atoms with Gasteiger partial charge in [0, 0.05) is 6.20 Å². The van der Waals surface area contributed by atoms with E-state index in [1.807, 2.05) is 67.7 Å². The Morgan fingerprint density at radius 3 is 2.03 bits per heavy atom. The zero-order valence-electron chi connectivity index (χ0n) is 23.0. The molecule has 0 aromatic carbocycles. The van der Waals surface area contributed by atoms with E-state index in [9.17, 15) is 18.0 Å². The van der Waals surface area contributed by atoms with Gasteiger partial charge in [0.05, 0.1) is 15.6 Å². The van der Waals surface area contributed by atoms with Crippen molar-refractivity contribution in [2.75, 3.05) is 0 Å². The smallest absolute Gasteiger partial charge is 0.330 e. The van der Waals surface area contributed by atoms with E-state index in [0.29, 0.717) is 0 Å². The molecular formula is C22H38BrN3O8SSi2. The minimum atomic E-state index is -4.22. The standard InChI is InChI=1S/C22H38BrN3O8SSi2/c1-20(2,3)36(7,8)32-15-17(26-11-13(23)16(27)25-19(26)28)31-18(33-37(9,10)21(4,5)6)22(15)14(24)12-35(29,30)34-22/h11-12,15,17-18H,24H2,1-10H3,(H,25,27,28)/t15-,17+,18+,22?/m0/s1. The van der Waals surface area contributed by atoms with Gasteiger partial charge in [-0.3, -0.25) is 14.3 Å². The van der Waals surface area contributed by atoms with E-state index < -0.39 is 62.2 Å². The average Bonchev–Trinajstić information content (AvgIpc) is 3.09. The molecule has 0 amide bonds. The maximum absolute atomic E-state index is 13.0. The Morgan fingerprint density at radius 1 is 1.05 bits per heavy atom. The van der Waals surface area contributed by atoms with E-state index in [2.05, 4.69) is 20.9 Å². The Bertz CT molecular complexity index is 1330. The lowest BCUT2D eigenvalue weighted by Crippen LogP contribution is -2.60. The van der Waals surface area contributed by atoms with Crippen LogP contribution in [0.4, 0.5) is 0 Å². The molecule has 0 radical (unpaired) electrons. The Morgan fingerprint density at radius 2 is 1.57 bits per heavy atom. The lowest BCUT2D eigenvalue weighted by atomic mass is 9.94. The molecule has 4 atom stereocenters. The van der Waals surface area contributed by atoms with Crippen LogP contribution in [0.25, 0.3) is 0 Å². The van der Waals surface area contributed by atoms with E-state index in [4.69, 9.17) is 23.5 Å². The maximum atomic E-state index is 13.0. The summed E-state index contributed by atoms with van der Waals surface area (Å²) in [4.78, 5) is 27.3. The Labute approximate surface area is 228 Å². The molecule has 2 aliphatic rings. The van der Waals surface area contributed by atoms with Crippen molar-refractivity contribution in [2.24, 2.45) is 5.73 Å². The highest BCUT2D eigenvalue weighted by Crippen LogP contribution is 2.53. The van der Waals surface area contributed by atoms with Crippen LogP contribution in [0, 0.1) is 0 Å². The third-order valence-electron chi connectivity index (χ3n) is 7.91. The molecule has 1 fully saturated rings. The lowest BCUT2D eigenvalue weighted by Gasteiger charge is -2.44. The van der Waals surface area contributed by atoms with E-state index in [1.54, 1.807) is 0 Å². The van der Waals surface area contributed by atoms with Crippen molar-refractivity contribution in [3.05, 3.63) is 42.6 Å². The van der Waals surface area contributed by atoms with E-state index >= 15 is 0 Å². The first-order valence-corrected chi connectivity index (χ1v) is 20.0. The van der Waals surface area contributed by atoms with Gasteiger partial charge in [-0.15, -0.1) is 0 Å². The third kappa shape index (κ3) is 5.37. The van der Waals surface area contributed by atoms with Crippen molar-refractivity contribution in [2.45, 2.75) is 102 Å². The SMILES string of the molecule is CC(C)(C)[Si](C)(C)O[C@H]1O[C@@H](n2cc(Br)c(=O)[nH]c2=O)[C@H](O[Si](C)(C)C(C)(C)C)C12OS(=O)(=O)C=C2N. The maximum Gasteiger partial charge on any atom is 0.330 e. The number of ether oxygens (including phenoxy) is 1. The van der Waals surface area contributed by atoms with Crippen molar-refractivity contribution >= 4 is 42.7 Å². The molecule has 0 saturated carbocycles. The van der Waals surface area contributed by atoms with Gasteiger partial charge in [0.1, 0.15) is 6.10 Å². The molecule has 3 heterocycles. The summed E-state index contributed by atoms with van der Waals surface area (Å²) >= 11 is 3.16. The number of hydrogen-bond acceptors (Lipinski definition) is 9. The zero-order valence-corrected chi connectivity index (χ0v) is 27.4. The number of nitrogens with zero attached hydrogens (tertiary/aromatic N) is 1. The minimum absolute atomic E-state index is 0.0769. The van der Waals surface area contributed by atoms with Gasteiger partial charge in [0.15, 0.2) is 29.2 Å². The first-order chi connectivity index (χ1) is 16.5. The molecule has 2 aliphatic heterocycles. The highest BCUT2D eigenvalue weighted by Gasteiger charge is 2.69. The topological polar surface area (TPSA) is 152 Å². The van der Waals surface area contributed by atoms with Crippen LogP contribution in [-0.4, -0.2) is 52.6 Å². The Hall–Kier alpha value is -1.08. The van der Waals surface area contributed by atoms with Gasteiger partial charge < -0.3 is 19.3 Å². The Balaban J connectivity index is 2.31. The van der Waals surface area contributed by atoms with Crippen LogP contribution in [0.15, 0.2) is 31.4 Å². The van der Waals surface area contributed by atoms with E-state index in [1.165, 1.54) is 6.20 Å². The van der Waals surface area contributed by atoms with Crippen LogP contribution >= 0.6 is 15.9 Å². The van der Waals surface area contributed by atoms with Crippen LogP contribution in [-0.2, 0) is 27.9 Å². The minimum Gasteiger partial charge on any atom is -0.406 e. The molecule has 11 nitrogen and oxygen atoms in total. The lowest BCUT2D eigenvalue weighted by molar-refractivity contribution is -0.147.